The SMILES string of the molecule is CC(O)CNC(=O)CCC(=O)NCC(C)O. The van der Waals surface area contributed by atoms with Gasteiger partial charge in [-0.2, -0.15) is 0 Å². The average Bonchev–Trinajstić information content (AvgIpc) is 2.20. The lowest BCUT2D eigenvalue weighted by atomic mass is 10.2. The molecular weight excluding hydrogens is 212 g/mol. The van der Waals surface area contributed by atoms with Gasteiger partial charge in [0.05, 0.1) is 12.2 Å². The summed E-state index contributed by atoms with van der Waals surface area (Å²) in [5.41, 5.74) is 0. The molecule has 0 rings (SSSR count). The highest BCUT2D eigenvalue weighted by Crippen LogP contribution is 1.90. The van der Waals surface area contributed by atoms with Crippen LogP contribution in [0, 0.1) is 0 Å². The van der Waals surface area contributed by atoms with Gasteiger partial charge in [-0.15, -0.1) is 0 Å². The quantitative estimate of drug-likeness (QED) is 0.441. The average molecular weight is 232 g/mol. The van der Waals surface area contributed by atoms with E-state index in [9.17, 15) is 9.59 Å². The molecule has 16 heavy (non-hydrogen) atoms. The highest BCUT2D eigenvalue weighted by molar-refractivity contribution is 5.83. The number of aliphatic hydroxyl groups is 2. The fourth-order valence-electron chi connectivity index (χ4n) is 0.927. The Bertz CT molecular complexity index is 205. The molecule has 0 heterocycles. The molecule has 2 unspecified atom stereocenters. The van der Waals surface area contributed by atoms with Crippen molar-refractivity contribution >= 4 is 11.8 Å². The molecule has 94 valence electrons. The van der Waals surface area contributed by atoms with Crippen LogP contribution < -0.4 is 10.6 Å². The Morgan fingerprint density at radius 1 is 0.938 bits per heavy atom. The monoisotopic (exact) mass is 232 g/mol. The Labute approximate surface area is 95.0 Å². The zero-order valence-corrected chi connectivity index (χ0v) is 9.69. The summed E-state index contributed by atoms with van der Waals surface area (Å²) >= 11 is 0. The minimum Gasteiger partial charge on any atom is -0.392 e. The molecule has 4 N–H and O–H groups in total. The maximum atomic E-state index is 11.1. The molecule has 0 aliphatic carbocycles. The Hall–Kier alpha value is -1.14. The number of carbonyl (C=O) groups excluding carboxylic acids is 2. The van der Waals surface area contributed by atoms with Crippen molar-refractivity contribution in [3.05, 3.63) is 0 Å². The molecule has 0 bridgehead atoms. The molecule has 0 saturated heterocycles. The van der Waals surface area contributed by atoms with Gasteiger partial charge in [-0.1, -0.05) is 0 Å². The molecule has 0 fully saturated rings. The van der Waals surface area contributed by atoms with Crippen LogP contribution >= 0.6 is 0 Å². The topological polar surface area (TPSA) is 98.7 Å². The summed E-state index contributed by atoms with van der Waals surface area (Å²) in [5, 5.41) is 22.8. The molecule has 6 heteroatoms. The second kappa shape index (κ2) is 8.06. The van der Waals surface area contributed by atoms with E-state index in [4.69, 9.17) is 10.2 Å². The molecule has 0 aliphatic rings. The predicted octanol–water partition coefficient (Wildman–Crippen LogP) is -1.24. The second-order valence-corrected chi connectivity index (χ2v) is 3.81. The van der Waals surface area contributed by atoms with Crippen molar-refractivity contribution in [2.45, 2.75) is 38.9 Å². The first-order valence-electron chi connectivity index (χ1n) is 5.31. The van der Waals surface area contributed by atoms with E-state index in [0.717, 1.165) is 0 Å². The summed E-state index contributed by atoms with van der Waals surface area (Å²) in [5.74, 6) is -0.541. The van der Waals surface area contributed by atoms with Crippen LogP contribution in [0.1, 0.15) is 26.7 Å². The molecule has 0 aliphatic heterocycles. The fourth-order valence-corrected chi connectivity index (χ4v) is 0.927. The third kappa shape index (κ3) is 9.42. The van der Waals surface area contributed by atoms with Crippen molar-refractivity contribution in [3.8, 4) is 0 Å². The van der Waals surface area contributed by atoms with Crippen LogP contribution in [-0.2, 0) is 9.59 Å². The van der Waals surface area contributed by atoms with Gasteiger partial charge in [0.1, 0.15) is 0 Å². The molecule has 0 saturated carbocycles. The number of hydrogen-bond donors (Lipinski definition) is 4. The highest BCUT2D eigenvalue weighted by atomic mass is 16.3. The third-order valence-electron chi connectivity index (χ3n) is 1.77. The van der Waals surface area contributed by atoms with Crippen LogP contribution in [0.3, 0.4) is 0 Å². The van der Waals surface area contributed by atoms with Gasteiger partial charge in [0, 0.05) is 25.9 Å². The van der Waals surface area contributed by atoms with E-state index in [0.29, 0.717) is 0 Å². The fraction of sp³-hybridized carbons (Fsp3) is 0.800. The van der Waals surface area contributed by atoms with Gasteiger partial charge in [-0.25, -0.2) is 0 Å². The summed E-state index contributed by atoms with van der Waals surface area (Å²) in [7, 11) is 0. The van der Waals surface area contributed by atoms with Gasteiger partial charge in [0.25, 0.3) is 0 Å². The van der Waals surface area contributed by atoms with E-state index in [1.54, 1.807) is 13.8 Å². The summed E-state index contributed by atoms with van der Waals surface area (Å²) in [6.07, 6.45) is -1.02. The molecule has 2 amide bonds. The van der Waals surface area contributed by atoms with Crippen LogP contribution in [-0.4, -0.2) is 47.3 Å². The second-order valence-electron chi connectivity index (χ2n) is 3.81. The van der Waals surface area contributed by atoms with Crippen LogP contribution in [0.2, 0.25) is 0 Å². The maximum Gasteiger partial charge on any atom is 0.220 e. The first-order valence-corrected chi connectivity index (χ1v) is 5.31. The van der Waals surface area contributed by atoms with Crippen LogP contribution in [0.5, 0.6) is 0 Å². The smallest absolute Gasteiger partial charge is 0.220 e. The minimum absolute atomic E-state index is 0.0817. The number of carbonyl (C=O) groups is 2. The summed E-state index contributed by atoms with van der Waals surface area (Å²) < 4.78 is 0. The van der Waals surface area contributed by atoms with Crippen molar-refractivity contribution in [2.24, 2.45) is 0 Å². The van der Waals surface area contributed by atoms with E-state index < -0.39 is 12.2 Å². The van der Waals surface area contributed by atoms with Crippen molar-refractivity contribution < 1.29 is 19.8 Å². The van der Waals surface area contributed by atoms with E-state index in [1.807, 2.05) is 0 Å². The molecule has 0 radical (unpaired) electrons. The molecule has 0 spiro atoms. The predicted molar refractivity (Wildman–Crippen MR) is 58.6 cm³/mol. The number of amides is 2. The largest absolute Gasteiger partial charge is 0.392 e. The molecule has 2 atom stereocenters. The summed E-state index contributed by atoms with van der Waals surface area (Å²) in [6.45, 7) is 3.51. The molecule has 6 nitrogen and oxygen atoms in total. The third-order valence-corrected chi connectivity index (χ3v) is 1.77. The van der Waals surface area contributed by atoms with E-state index in [1.165, 1.54) is 0 Å². The number of rotatable bonds is 7. The van der Waals surface area contributed by atoms with Gasteiger partial charge < -0.3 is 20.8 Å². The standard InChI is InChI=1S/C10H20N2O4/c1-7(13)5-11-9(15)3-4-10(16)12-6-8(2)14/h7-8,13-14H,3-6H2,1-2H3,(H,11,15)(H,12,16). The number of nitrogens with one attached hydrogen (secondary N) is 2. The number of hydrogen-bond acceptors (Lipinski definition) is 4. The van der Waals surface area contributed by atoms with Crippen molar-refractivity contribution in [1.82, 2.24) is 10.6 Å². The molecule has 0 aromatic heterocycles. The highest BCUT2D eigenvalue weighted by Gasteiger charge is 2.07. The zero-order chi connectivity index (χ0) is 12.6. The Balaban J connectivity index is 3.55. The van der Waals surface area contributed by atoms with Crippen LogP contribution in [0.15, 0.2) is 0 Å². The summed E-state index contributed by atoms with van der Waals surface area (Å²) in [6, 6.07) is 0. The normalized spacial score (nSPS) is 14.0. The van der Waals surface area contributed by atoms with Gasteiger partial charge in [0.2, 0.25) is 11.8 Å². The van der Waals surface area contributed by atoms with E-state index in [2.05, 4.69) is 10.6 Å². The van der Waals surface area contributed by atoms with Crippen LogP contribution in [0.25, 0.3) is 0 Å². The maximum absolute atomic E-state index is 11.1. The van der Waals surface area contributed by atoms with Gasteiger partial charge in [-0.3, -0.25) is 9.59 Å². The lowest BCUT2D eigenvalue weighted by molar-refractivity contribution is -0.126. The molecular formula is C10H20N2O4. The Kier molecular flexibility index (Phi) is 7.49. The van der Waals surface area contributed by atoms with Crippen molar-refractivity contribution in [1.29, 1.82) is 0 Å². The van der Waals surface area contributed by atoms with Crippen molar-refractivity contribution in [2.75, 3.05) is 13.1 Å². The zero-order valence-electron chi connectivity index (χ0n) is 9.69. The van der Waals surface area contributed by atoms with Gasteiger partial charge in [-0.05, 0) is 13.8 Å². The number of aliphatic hydroxyl groups excluding tert-OH is 2. The molecule has 0 aromatic rings. The molecule has 0 aromatic carbocycles. The van der Waals surface area contributed by atoms with E-state index >= 15 is 0 Å². The lowest BCUT2D eigenvalue weighted by Crippen LogP contribution is -2.33. The van der Waals surface area contributed by atoms with Gasteiger partial charge >= 0.3 is 0 Å². The Morgan fingerprint density at radius 3 is 1.50 bits per heavy atom. The van der Waals surface area contributed by atoms with Crippen LogP contribution in [0.4, 0.5) is 0 Å². The first kappa shape index (κ1) is 14.9. The minimum atomic E-state index is -0.590. The lowest BCUT2D eigenvalue weighted by Gasteiger charge is -2.08. The first-order chi connectivity index (χ1) is 7.41. The van der Waals surface area contributed by atoms with Gasteiger partial charge in [0.15, 0.2) is 0 Å². The Morgan fingerprint density at radius 2 is 1.25 bits per heavy atom. The van der Waals surface area contributed by atoms with E-state index in [-0.39, 0.29) is 37.7 Å². The van der Waals surface area contributed by atoms with Crippen molar-refractivity contribution in [3.63, 3.8) is 0 Å². The summed E-state index contributed by atoms with van der Waals surface area (Å²) in [4.78, 5) is 22.3.